The summed E-state index contributed by atoms with van der Waals surface area (Å²) in [6.07, 6.45) is 3.28. The maximum absolute atomic E-state index is 4.59. The van der Waals surface area contributed by atoms with Crippen molar-refractivity contribution in [3.63, 3.8) is 0 Å². The first-order chi connectivity index (χ1) is 7.38. The highest BCUT2D eigenvalue weighted by atomic mass is 32.2. The van der Waals surface area contributed by atoms with Crippen LogP contribution in [0.25, 0.3) is 0 Å². The Morgan fingerprint density at radius 2 is 2.06 bits per heavy atom. The van der Waals surface area contributed by atoms with Crippen LogP contribution < -0.4 is 0 Å². The van der Waals surface area contributed by atoms with Crippen molar-refractivity contribution in [2.45, 2.75) is 56.6 Å². The van der Waals surface area contributed by atoms with Gasteiger partial charge >= 0.3 is 0 Å². The van der Waals surface area contributed by atoms with E-state index in [1.807, 2.05) is 11.8 Å². The number of pyridine rings is 1. The Hall–Kier alpha value is -0.500. The quantitative estimate of drug-likeness (QED) is 0.728. The van der Waals surface area contributed by atoms with E-state index in [-0.39, 0.29) is 5.41 Å². The Morgan fingerprint density at radius 1 is 1.38 bits per heavy atom. The van der Waals surface area contributed by atoms with Crippen LogP contribution >= 0.6 is 11.8 Å². The molecule has 2 heteroatoms. The van der Waals surface area contributed by atoms with E-state index >= 15 is 0 Å². The lowest BCUT2D eigenvalue weighted by Crippen LogP contribution is -2.14. The minimum atomic E-state index is 0.162. The number of fused-ring (bicyclic) bond motifs is 1. The molecule has 0 amide bonds. The molecule has 0 aromatic carbocycles. The number of nitrogens with zero attached hydrogens (tertiary/aromatic N) is 1. The molecule has 0 saturated heterocycles. The molecule has 0 fully saturated rings. The molecule has 0 N–H and O–H groups in total. The van der Waals surface area contributed by atoms with Crippen LogP contribution in [-0.4, -0.2) is 10.2 Å². The van der Waals surface area contributed by atoms with Crippen LogP contribution in [0, 0.1) is 5.92 Å². The first-order valence-corrected chi connectivity index (χ1v) is 6.92. The molecule has 2 rings (SSSR count). The second kappa shape index (κ2) is 4.06. The fraction of sp³-hybridized carbons (Fsp3) is 0.643. The van der Waals surface area contributed by atoms with Crippen molar-refractivity contribution < 1.29 is 0 Å². The molecule has 1 aromatic rings. The zero-order valence-corrected chi connectivity index (χ0v) is 11.7. The van der Waals surface area contributed by atoms with E-state index in [0.717, 1.165) is 11.2 Å². The zero-order chi connectivity index (χ0) is 11.9. The van der Waals surface area contributed by atoms with Crippen LogP contribution in [0.15, 0.2) is 17.2 Å². The lowest BCUT2D eigenvalue weighted by atomic mass is 9.90. The largest absolute Gasteiger partial charge is 0.260 e. The van der Waals surface area contributed by atoms with Crippen LogP contribution in [0.3, 0.4) is 0 Å². The van der Waals surface area contributed by atoms with Crippen LogP contribution in [0.1, 0.15) is 45.9 Å². The SMILES string of the molecule is CC(C)C1Cc2cc(C(C)(C)C)ncc2S1. The fourth-order valence-electron chi connectivity index (χ4n) is 1.95. The maximum atomic E-state index is 4.59. The van der Waals surface area contributed by atoms with Crippen molar-refractivity contribution >= 4 is 11.8 Å². The summed E-state index contributed by atoms with van der Waals surface area (Å²) in [5.41, 5.74) is 2.88. The fourth-order valence-corrected chi connectivity index (χ4v) is 3.22. The van der Waals surface area contributed by atoms with Gasteiger partial charge < -0.3 is 0 Å². The molecule has 1 nitrogen and oxygen atoms in total. The standard InChI is InChI=1S/C14H21NS/c1-9(2)11-6-10-7-13(14(3,4)5)15-8-12(10)16-11/h7-9,11H,6H2,1-5H3. The number of aromatic nitrogens is 1. The van der Waals surface area contributed by atoms with Gasteiger partial charge in [-0.25, -0.2) is 0 Å². The van der Waals surface area contributed by atoms with Gasteiger partial charge in [0, 0.05) is 27.5 Å². The number of rotatable bonds is 1. The average Bonchev–Trinajstić information content (AvgIpc) is 2.58. The predicted molar refractivity (Wildman–Crippen MR) is 71.1 cm³/mol. The van der Waals surface area contributed by atoms with Gasteiger partial charge in [0.1, 0.15) is 0 Å². The van der Waals surface area contributed by atoms with Crippen molar-refractivity contribution in [2.24, 2.45) is 5.92 Å². The van der Waals surface area contributed by atoms with E-state index in [9.17, 15) is 0 Å². The van der Waals surface area contributed by atoms with Gasteiger partial charge in [0.25, 0.3) is 0 Å². The summed E-state index contributed by atoms with van der Waals surface area (Å²) in [7, 11) is 0. The molecule has 0 spiro atoms. The molecule has 0 radical (unpaired) electrons. The maximum Gasteiger partial charge on any atom is 0.0460 e. The van der Waals surface area contributed by atoms with Crippen molar-refractivity contribution in [3.05, 3.63) is 23.5 Å². The topological polar surface area (TPSA) is 12.9 Å². The number of thioether (sulfide) groups is 1. The van der Waals surface area contributed by atoms with E-state index in [1.165, 1.54) is 22.6 Å². The first-order valence-electron chi connectivity index (χ1n) is 6.04. The molecule has 1 aliphatic rings. The smallest absolute Gasteiger partial charge is 0.0460 e. The van der Waals surface area contributed by atoms with E-state index in [1.54, 1.807) is 0 Å². The van der Waals surface area contributed by atoms with Gasteiger partial charge in [-0.15, -0.1) is 11.8 Å². The summed E-state index contributed by atoms with van der Waals surface area (Å²) in [5, 5.41) is 0.743. The number of hydrogen-bond acceptors (Lipinski definition) is 2. The zero-order valence-electron chi connectivity index (χ0n) is 10.9. The summed E-state index contributed by atoms with van der Waals surface area (Å²) in [5.74, 6) is 0.746. The van der Waals surface area contributed by atoms with Gasteiger partial charge in [0.2, 0.25) is 0 Å². The third kappa shape index (κ3) is 2.27. The molecular weight excluding hydrogens is 214 g/mol. The van der Waals surface area contributed by atoms with Crippen molar-refractivity contribution in [1.29, 1.82) is 0 Å². The molecule has 1 unspecified atom stereocenters. The first kappa shape index (κ1) is 12.0. The molecule has 1 aliphatic heterocycles. The Kier molecular flexibility index (Phi) is 3.04. The lowest BCUT2D eigenvalue weighted by Gasteiger charge is -2.18. The molecule has 0 saturated carbocycles. The third-order valence-electron chi connectivity index (χ3n) is 3.16. The van der Waals surface area contributed by atoms with Crippen LogP contribution in [0.5, 0.6) is 0 Å². The van der Waals surface area contributed by atoms with Crippen molar-refractivity contribution in [3.8, 4) is 0 Å². The Bertz CT molecular complexity index is 390. The summed E-state index contributed by atoms with van der Waals surface area (Å²) >= 11 is 2.00. The molecule has 0 aliphatic carbocycles. The highest BCUT2D eigenvalue weighted by Gasteiger charge is 2.27. The molecule has 88 valence electrons. The number of hydrogen-bond donors (Lipinski definition) is 0. The van der Waals surface area contributed by atoms with Gasteiger partial charge in [-0.1, -0.05) is 34.6 Å². The van der Waals surface area contributed by atoms with Gasteiger partial charge in [-0.3, -0.25) is 4.98 Å². The molecule has 1 aromatic heterocycles. The molecule has 2 heterocycles. The van der Waals surface area contributed by atoms with Gasteiger partial charge in [0.05, 0.1) is 0 Å². The van der Waals surface area contributed by atoms with Crippen molar-refractivity contribution in [1.82, 2.24) is 4.98 Å². The predicted octanol–water partition coefficient (Wildman–Crippen LogP) is 4.05. The van der Waals surface area contributed by atoms with E-state index < -0.39 is 0 Å². The van der Waals surface area contributed by atoms with Crippen LogP contribution in [-0.2, 0) is 11.8 Å². The Labute approximate surface area is 103 Å². The second-order valence-electron chi connectivity index (χ2n) is 6.03. The second-order valence-corrected chi connectivity index (χ2v) is 7.31. The monoisotopic (exact) mass is 235 g/mol. The summed E-state index contributed by atoms with van der Waals surface area (Å²) < 4.78 is 0. The molecule has 16 heavy (non-hydrogen) atoms. The van der Waals surface area contributed by atoms with E-state index in [4.69, 9.17) is 0 Å². The van der Waals surface area contributed by atoms with Crippen LogP contribution in [0.4, 0.5) is 0 Å². The molecule has 1 atom stereocenters. The highest BCUT2D eigenvalue weighted by Crippen LogP contribution is 2.40. The third-order valence-corrected chi connectivity index (χ3v) is 4.80. The Morgan fingerprint density at radius 3 is 2.62 bits per heavy atom. The Balaban J connectivity index is 2.28. The summed E-state index contributed by atoms with van der Waals surface area (Å²) in [6.45, 7) is 11.3. The van der Waals surface area contributed by atoms with Crippen LogP contribution in [0.2, 0.25) is 0 Å². The summed E-state index contributed by atoms with van der Waals surface area (Å²) in [4.78, 5) is 5.99. The lowest BCUT2D eigenvalue weighted by molar-refractivity contribution is 0.564. The van der Waals surface area contributed by atoms with Gasteiger partial charge in [0.15, 0.2) is 0 Å². The van der Waals surface area contributed by atoms with E-state index in [0.29, 0.717) is 0 Å². The molecule has 0 bridgehead atoms. The average molecular weight is 235 g/mol. The van der Waals surface area contributed by atoms with Gasteiger partial charge in [-0.2, -0.15) is 0 Å². The van der Waals surface area contributed by atoms with Gasteiger partial charge in [-0.05, 0) is 24.0 Å². The minimum Gasteiger partial charge on any atom is -0.260 e. The normalized spacial score (nSPS) is 20.2. The summed E-state index contributed by atoms with van der Waals surface area (Å²) in [6, 6.07) is 2.31. The van der Waals surface area contributed by atoms with E-state index in [2.05, 4.69) is 51.9 Å². The molecular formula is C14H21NS. The minimum absolute atomic E-state index is 0.162. The van der Waals surface area contributed by atoms with Crippen molar-refractivity contribution in [2.75, 3.05) is 0 Å². The highest BCUT2D eigenvalue weighted by molar-refractivity contribution is 8.00.